The lowest BCUT2D eigenvalue weighted by Crippen LogP contribution is -2.44. The van der Waals surface area contributed by atoms with Crippen LogP contribution in [0.5, 0.6) is 0 Å². The molecule has 1 heterocycles. The van der Waals surface area contributed by atoms with Gasteiger partial charge in [0.15, 0.2) is 5.78 Å². The summed E-state index contributed by atoms with van der Waals surface area (Å²) in [7, 11) is 1.21. The van der Waals surface area contributed by atoms with Gasteiger partial charge in [0.25, 0.3) is 5.91 Å². The summed E-state index contributed by atoms with van der Waals surface area (Å²) < 4.78 is 18.3. The molecule has 4 N–H and O–H groups in total. The molecule has 0 spiro atoms. The van der Waals surface area contributed by atoms with Gasteiger partial charge in [-0.1, -0.05) is 32.9 Å². The van der Waals surface area contributed by atoms with Crippen LogP contribution in [-0.2, 0) is 9.53 Å². The first-order valence-corrected chi connectivity index (χ1v) is 12.7. The fourth-order valence-electron chi connectivity index (χ4n) is 3.87. The van der Waals surface area contributed by atoms with Gasteiger partial charge in [-0.3, -0.25) is 14.4 Å². The second kappa shape index (κ2) is 13.3. The maximum Gasteiger partial charge on any atom is 0.339 e. The highest BCUT2D eigenvalue weighted by Crippen LogP contribution is 2.34. The number of carbonyl (C=O) groups is 4. The molecule has 196 valence electrons. The van der Waals surface area contributed by atoms with Gasteiger partial charge in [-0.25, -0.2) is 9.18 Å². The van der Waals surface area contributed by atoms with Crippen molar-refractivity contribution in [2.45, 2.75) is 52.5 Å². The second-order valence-corrected chi connectivity index (χ2v) is 9.93. The molecule has 1 aromatic heterocycles. The summed E-state index contributed by atoms with van der Waals surface area (Å²) in [5, 5.41) is 5.39. The summed E-state index contributed by atoms with van der Waals surface area (Å²) in [5.41, 5.74) is 6.85. The zero-order valence-electron chi connectivity index (χ0n) is 21.3. The van der Waals surface area contributed by atoms with E-state index in [9.17, 15) is 23.6 Å². The normalized spacial score (nSPS) is 12.7. The average molecular weight is 520 g/mol. The van der Waals surface area contributed by atoms with E-state index in [2.05, 4.69) is 10.6 Å². The summed E-state index contributed by atoms with van der Waals surface area (Å²) >= 11 is 0.920. The summed E-state index contributed by atoms with van der Waals surface area (Å²) in [6.07, 6.45) is 0.971. The highest BCUT2D eigenvalue weighted by Gasteiger charge is 2.32. The van der Waals surface area contributed by atoms with E-state index < -0.39 is 29.7 Å². The van der Waals surface area contributed by atoms with E-state index in [1.165, 1.54) is 31.4 Å². The summed E-state index contributed by atoms with van der Waals surface area (Å²) in [5.74, 6) is -2.58. The Balaban J connectivity index is 2.20. The van der Waals surface area contributed by atoms with E-state index >= 15 is 0 Å². The van der Waals surface area contributed by atoms with Gasteiger partial charge in [0.05, 0.1) is 28.5 Å². The number of hydrogen-bond acceptors (Lipinski definition) is 7. The minimum Gasteiger partial charge on any atom is -0.465 e. The smallest absolute Gasteiger partial charge is 0.339 e. The molecule has 0 aliphatic rings. The van der Waals surface area contributed by atoms with Crippen molar-refractivity contribution in [3.8, 4) is 0 Å². The highest BCUT2D eigenvalue weighted by molar-refractivity contribution is 7.16. The predicted molar refractivity (Wildman–Crippen MR) is 137 cm³/mol. The molecule has 0 bridgehead atoms. The van der Waals surface area contributed by atoms with Crippen LogP contribution in [0.4, 0.5) is 4.39 Å². The third-order valence-electron chi connectivity index (χ3n) is 5.74. The average Bonchev–Trinajstić information content (AvgIpc) is 3.19. The molecule has 2 rings (SSSR count). The van der Waals surface area contributed by atoms with Crippen molar-refractivity contribution in [2.75, 3.05) is 20.2 Å². The van der Waals surface area contributed by atoms with E-state index in [0.717, 1.165) is 11.3 Å². The van der Waals surface area contributed by atoms with Gasteiger partial charge in [0, 0.05) is 19.0 Å². The third-order valence-corrected chi connectivity index (χ3v) is 7.04. The fraction of sp³-hybridized carbons (Fsp3) is 0.462. The molecular formula is C26H34FN3O5S. The van der Waals surface area contributed by atoms with Gasteiger partial charge in [0.2, 0.25) is 5.91 Å². The molecule has 2 aromatic rings. The molecular weight excluding hydrogens is 485 g/mol. The van der Waals surface area contributed by atoms with Crippen LogP contribution in [0.3, 0.4) is 0 Å². The number of benzene rings is 1. The monoisotopic (exact) mass is 519 g/mol. The van der Waals surface area contributed by atoms with Crippen LogP contribution in [0, 0.1) is 18.7 Å². The predicted octanol–water partition coefficient (Wildman–Crippen LogP) is 3.58. The Hall–Kier alpha value is -3.11. The number of halogens is 1. The molecule has 0 fully saturated rings. The maximum atomic E-state index is 13.5. The molecule has 0 aliphatic carbocycles. The molecule has 0 saturated carbocycles. The Kier molecular flexibility index (Phi) is 10.7. The van der Waals surface area contributed by atoms with Crippen LogP contribution in [-0.4, -0.2) is 49.8 Å². The van der Waals surface area contributed by atoms with Gasteiger partial charge >= 0.3 is 5.97 Å². The second-order valence-electron chi connectivity index (χ2n) is 8.91. The lowest BCUT2D eigenvalue weighted by Gasteiger charge is -2.14. The van der Waals surface area contributed by atoms with Gasteiger partial charge in [-0.2, -0.15) is 0 Å². The topological polar surface area (TPSA) is 128 Å². The lowest BCUT2D eigenvalue weighted by atomic mass is 9.90. The number of hydrogen-bond donors (Lipinski definition) is 3. The summed E-state index contributed by atoms with van der Waals surface area (Å²) in [4.78, 5) is 51.3. The number of carbonyl (C=O) groups excluding carboxylic acids is 4. The van der Waals surface area contributed by atoms with E-state index in [1.54, 1.807) is 6.92 Å². The van der Waals surface area contributed by atoms with E-state index in [1.807, 2.05) is 20.8 Å². The minimum atomic E-state index is -0.716. The van der Waals surface area contributed by atoms with Crippen LogP contribution < -0.4 is 16.4 Å². The van der Waals surface area contributed by atoms with Crippen LogP contribution in [0.1, 0.15) is 80.4 Å². The first-order valence-electron chi connectivity index (χ1n) is 11.8. The first kappa shape index (κ1) is 29.1. The van der Waals surface area contributed by atoms with Gasteiger partial charge in [-0.05, 0) is 48.9 Å². The number of nitrogens with two attached hydrogens (primary N) is 1. The lowest BCUT2D eigenvalue weighted by molar-refractivity contribution is -0.122. The summed E-state index contributed by atoms with van der Waals surface area (Å²) in [6.45, 7) is 7.67. The van der Waals surface area contributed by atoms with Crippen molar-refractivity contribution < 1.29 is 28.3 Å². The standard InChI is InChI=1S/C26H34FN3O5S/c1-6-18(16-7-9-17(27)10-8-16)21(31)23-20(26(34)35-5)15(4)22(36-23)25(33)30-12-11-29-24(32)19(28)13-14(2)3/h7-10,14,18-19H,6,11-13,28H2,1-5H3,(H,29,32)(H,30,33)/t18?,19-/m0/s1. The molecule has 0 saturated heterocycles. The number of methoxy groups -OCH3 is 1. The molecule has 1 unspecified atom stereocenters. The van der Waals surface area contributed by atoms with Gasteiger partial charge in [0.1, 0.15) is 5.82 Å². The largest absolute Gasteiger partial charge is 0.465 e. The Morgan fingerprint density at radius 3 is 2.22 bits per heavy atom. The van der Waals surface area contributed by atoms with Crippen molar-refractivity contribution >= 4 is 34.9 Å². The van der Waals surface area contributed by atoms with Crippen molar-refractivity contribution in [1.29, 1.82) is 0 Å². The molecule has 0 radical (unpaired) electrons. The van der Waals surface area contributed by atoms with Crippen LogP contribution in [0.25, 0.3) is 0 Å². The van der Waals surface area contributed by atoms with E-state index in [4.69, 9.17) is 10.5 Å². The van der Waals surface area contributed by atoms with E-state index in [-0.39, 0.29) is 46.0 Å². The molecule has 0 aliphatic heterocycles. The zero-order chi connectivity index (χ0) is 27.0. The Morgan fingerprint density at radius 2 is 1.67 bits per heavy atom. The Bertz CT molecular complexity index is 1100. The third kappa shape index (κ3) is 7.20. The van der Waals surface area contributed by atoms with Crippen molar-refractivity contribution in [3.05, 3.63) is 56.5 Å². The number of esters is 1. The van der Waals surface area contributed by atoms with Gasteiger partial charge < -0.3 is 21.1 Å². The van der Waals surface area contributed by atoms with Gasteiger partial charge in [-0.15, -0.1) is 11.3 Å². The number of nitrogens with one attached hydrogen (secondary N) is 2. The van der Waals surface area contributed by atoms with Crippen molar-refractivity contribution in [3.63, 3.8) is 0 Å². The SMILES string of the molecule is CCC(C(=O)c1sc(C(=O)NCCNC(=O)[C@@H](N)CC(C)C)c(C)c1C(=O)OC)c1ccc(F)cc1. The fourth-order valence-corrected chi connectivity index (χ4v) is 5.07. The van der Waals surface area contributed by atoms with Crippen LogP contribution >= 0.6 is 11.3 Å². The summed E-state index contributed by atoms with van der Waals surface area (Å²) in [6, 6.07) is 5.01. The van der Waals surface area contributed by atoms with Crippen molar-refractivity contribution in [2.24, 2.45) is 11.7 Å². The van der Waals surface area contributed by atoms with E-state index in [0.29, 0.717) is 24.0 Å². The maximum absolute atomic E-state index is 13.5. The molecule has 2 amide bonds. The molecule has 36 heavy (non-hydrogen) atoms. The Morgan fingerprint density at radius 1 is 1.06 bits per heavy atom. The molecule has 8 nitrogen and oxygen atoms in total. The molecule has 10 heteroatoms. The first-order chi connectivity index (χ1) is 17.0. The minimum absolute atomic E-state index is 0.0474. The molecule has 1 aromatic carbocycles. The number of rotatable bonds is 12. The van der Waals surface area contributed by atoms with Crippen LogP contribution in [0.2, 0.25) is 0 Å². The number of amides is 2. The van der Waals surface area contributed by atoms with Crippen LogP contribution in [0.15, 0.2) is 24.3 Å². The molecule has 2 atom stereocenters. The number of ether oxygens (including phenoxy) is 1. The van der Waals surface area contributed by atoms with Crippen molar-refractivity contribution in [1.82, 2.24) is 10.6 Å². The highest BCUT2D eigenvalue weighted by atomic mass is 32.1. The number of Topliss-reactive ketones (excluding diaryl/α,β-unsaturated/α-hetero) is 1. The quantitative estimate of drug-likeness (QED) is 0.223. The zero-order valence-corrected chi connectivity index (χ0v) is 22.1. The number of ketones is 1. The number of thiophene rings is 1. The Labute approximate surface area is 214 Å².